The number of amides is 3. The lowest BCUT2D eigenvalue weighted by Gasteiger charge is -2.27. The van der Waals surface area contributed by atoms with Crippen LogP contribution in [0, 0.1) is 0 Å². The Balaban J connectivity index is 1.13. The number of likely N-dealkylation sites (N-methyl/N-ethyl adjacent to an activating group) is 1. The molecule has 1 aromatic carbocycles. The fourth-order valence-corrected chi connectivity index (χ4v) is 5.96. The molecular formula is C27H29F3N4O3S. The van der Waals surface area contributed by atoms with E-state index in [0.717, 1.165) is 29.2 Å². The van der Waals surface area contributed by atoms with Gasteiger partial charge in [0, 0.05) is 44.1 Å². The number of likely N-dealkylation sites (tertiary alicyclic amines) is 2. The highest BCUT2D eigenvalue weighted by atomic mass is 32.1. The molecule has 0 bridgehead atoms. The predicted octanol–water partition coefficient (Wildman–Crippen LogP) is 5.16. The summed E-state index contributed by atoms with van der Waals surface area (Å²) in [7, 11) is 1.74. The van der Waals surface area contributed by atoms with E-state index in [2.05, 4.69) is 5.32 Å². The minimum absolute atomic E-state index is 0.00337. The first kappa shape index (κ1) is 26.3. The molecule has 1 N–H and O–H groups in total. The van der Waals surface area contributed by atoms with Crippen molar-refractivity contribution in [3.8, 4) is 10.4 Å². The van der Waals surface area contributed by atoms with Crippen LogP contribution in [0.3, 0.4) is 0 Å². The molecule has 0 unspecified atom stereocenters. The molecule has 2 aliphatic rings. The Morgan fingerprint density at radius 1 is 1.05 bits per heavy atom. The number of hydrogen-bond donors (Lipinski definition) is 1. The van der Waals surface area contributed by atoms with Gasteiger partial charge in [0.15, 0.2) is 0 Å². The van der Waals surface area contributed by atoms with Crippen molar-refractivity contribution in [3.63, 3.8) is 0 Å². The molecule has 11 heteroatoms. The Kier molecular flexibility index (Phi) is 7.49. The van der Waals surface area contributed by atoms with Crippen LogP contribution in [0.4, 0.5) is 18.0 Å². The molecule has 4 heterocycles. The summed E-state index contributed by atoms with van der Waals surface area (Å²) in [5.41, 5.74) is -0.0753. The molecule has 0 saturated carbocycles. The van der Waals surface area contributed by atoms with Gasteiger partial charge in [0.25, 0.3) is 5.91 Å². The second-order valence-electron chi connectivity index (χ2n) is 9.72. The van der Waals surface area contributed by atoms with Gasteiger partial charge in [0.1, 0.15) is 5.76 Å². The van der Waals surface area contributed by atoms with Crippen molar-refractivity contribution in [2.45, 2.75) is 37.6 Å². The zero-order valence-corrected chi connectivity index (χ0v) is 21.7. The normalized spacial score (nSPS) is 19.8. The predicted molar refractivity (Wildman–Crippen MR) is 138 cm³/mol. The van der Waals surface area contributed by atoms with Crippen LogP contribution < -0.4 is 5.32 Å². The fraction of sp³-hybridized carbons (Fsp3) is 0.407. The first-order chi connectivity index (χ1) is 18.2. The largest absolute Gasteiger partial charge is 0.468 e. The minimum Gasteiger partial charge on any atom is -0.468 e. The van der Waals surface area contributed by atoms with E-state index in [1.165, 1.54) is 23.5 Å². The van der Waals surface area contributed by atoms with E-state index in [4.69, 9.17) is 4.42 Å². The summed E-state index contributed by atoms with van der Waals surface area (Å²) in [5.74, 6) is 0.706. The van der Waals surface area contributed by atoms with E-state index in [1.54, 1.807) is 30.3 Å². The maximum Gasteiger partial charge on any atom is 0.416 e. The van der Waals surface area contributed by atoms with Gasteiger partial charge in [-0.3, -0.25) is 4.79 Å². The smallest absolute Gasteiger partial charge is 0.416 e. The van der Waals surface area contributed by atoms with E-state index >= 15 is 0 Å². The Labute approximate surface area is 222 Å². The highest BCUT2D eigenvalue weighted by molar-refractivity contribution is 7.17. The van der Waals surface area contributed by atoms with Crippen LogP contribution in [0.25, 0.3) is 10.4 Å². The van der Waals surface area contributed by atoms with Gasteiger partial charge in [0.2, 0.25) is 0 Å². The number of thiophene rings is 1. The summed E-state index contributed by atoms with van der Waals surface area (Å²) in [6, 6.07) is 12.3. The molecule has 38 heavy (non-hydrogen) atoms. The average molecular weight is 547 g/mol. The van der Waals surface area contributed by atoms with Crippen LogP contribution in [-0.2, 0) is 12.7 Å². The molecular weight excluding hydrogens is 517 g/mol. The monoisotopic (exact) mass is 546 g/mol. The molecule has 0 aliphatic carbocycles. The van der Waals surface area contributed by atoms with E-state index in [0.29, 0.717) is 49.6 Å². The second-order valence-corrected chi connectivity index (χ2v) is 10.8. The maximum absolute atomic E-state index is 13.2. The van der Waals surface area contributed by atoms with Crippen molar-refractivity contribution in [2.75, 3.05) is 33.2 Å². The molecule has 2 aliphatic heterocycles. The number of nitrogens with one attached hydrogen (secondary N) is 1. The molecule has 2 atom stereocenters. The molecule has 0 radical (unpaired) electrons. The third-order valence-electron chi connectivity index (χ3n) is 7.22. The molecule has 5 rings (SSSR count). The van der Waals surface area contributed by atoms with E-state index in [9.17, 15) is 22.8 Å². The molecule has 3 amide bonds. The number of urea groups is 1. The Morgan fingerprint density at radius 3 is 2.50 bits per heavy atom. The van der Waals surface area contributed by atoms with Gasteiger partial charge < -0.3 is 24.4 Å². The summed E-state index contributed by atoms with van der Waals surface area (Å²) in [4.78, 5) is 32.9. The number of carbonyl (C=O) groups excluding carboxylic acids is 2. The number of benzene rings is 1. The summed E-state index contributed by atoms with van der Waals surface area (Å²) < 4.78 is 43.9. The number of halogens is 3. The van der Waals surface area contributed by atoms with Crippen molar-refractivity contribution in [1.82, 2.24) is 20.0 Å². The summed E-state index contributed by atoms with van der Waals surface area (Å²) in [5, 5.41) is 3.43. The number of furan rings is 1. The molecule has 2 saturated heterocycles. The molecule has 202 valence electrons. The average Bonchev–Trinajstić information content (AvgIpc) is 3.73. The Bertz CT molecular complexity index is 1260. The van der Waals surface area contributed by atoms with Gasteiger partial charge in [0.05, 0.1) is 29.3 Å². The minimum atomic E-state index is -4.39. The van der Waals surface area contributed by atoms with Crippen molar-refractivity contribution in [3.05, 3.63) is 71.0 Å². The zero-order chi connectivity index (χ0) is 26.9. The van der Waals surface area contributed by atoms with Crippen LogP contribution in [0.1, 0.15) is 33.8 Å². The quantitative estimate of drug-likeness (QED) is 0.464. The van der Waals surface area contributed by atoms with Crippen molar-refractivity contribution >= 4 is 23.3 Å². The van der Waals surface area contributed by atoms with Crippen molar-refractivity contribution < 1.29 is 27.2 Å². The van der Waals surface area contributed by atoms with Crippen molar-refractivity contribution in [1.29, 1.82) is 0 Å². The van der Waals surface area contributed by atoms with E-state index < -0.39 is 11.7 Å². The van der Waals surface area contributed by atoms with Crippen molar-refractivity contribution in [2.24, 2.45) is 0 Å². The Hall–Kier alpha value is -3.31. The van der Waals surface area contributed by atoms with E-state index in [-0.39, 0.29) is 24.0 Å². The number of alkyl halides is 3. The number of hydrogen-bond acceptors (Lipinski definition) is 5. The lowest BCUT2D eigenvalue weighted by molar-refractivity contribution is -0.137. The summed E-state index contributed by atoms with van der Waals surface area (Å²) in [6.07, 6.45) is -1.17. The SMILES string of the molecule is CN(C(=O)c1ccc(-c2ccc(C(F)(F)F)cc2)s1)[C@H]1CCN(C(=O)N2CC[C@@H](NCc3ccco3)C2)C1. The first-order valence-corrected chi connectivity index (χ1v) is 13.3. The van der Waals surface area contributed by atoms with Crippen LogP contribution in [0.15, 0.2) is 59.2 Å². The summed E-state index contributed by atoms with van der Waals surface area (Å²) in [6.45, 7) is 3.01. The third kappa shape index (κ3) is 5.73. The third-order valence-corrected chi connectivity index (χ3v) is 8.34. The molecule has 2 aromatic heterocycles. The van der Waals surface area contributed by atoms with Gasteiger partial charge in [-0.1, -0.05) is 12.1 Å². The highest BCUT2D eigenvalue weighted by Crippen LogP contribution is 2.34. The maximum atomic E-state index is 13.2. The van der Waals surface area contributed by atoms with Gasteiger partial charge in [-0.15, -0.1) is 11.3 Å². The molecule has 3 aromatic rings. The fourth-order valence-electron chi connectivity index (χ4n) is 4.96. The van der Waals surface area contributed by atoms with Crippen LogP contribution in [-0.4, -0.2) is 71.9 Å². The van der Waals surface area contributed by atoms with Gasteiger partial charge in [-0.05, 0) is 54.8 Å². The molecule has 7 nitrogen and oxygen atoms in total. The van der Waals surface area contributed by atoms with E-state index in [1.807, 2.05) is 21.9 Å². The standard InChI is InChI=1S/C27H29F3N4O3S/c1-32(25(35)24-9-8-23(38-24)18-4-6-19(7-5-18)27(28,29)30)21-11-13-34(17-21)26(36)33-12-10-20(16-33)31-15-22-3-2-14-37-22/h2-9,14,20-21,31H,10-13,15-17H2,1H3/t20-,21+/m1/s1. The van der Waals surface area contributed by atoms with Crippen LogP contribution in [0.5, 0.6) is 0 Å². The highest BCUT2D eigenvalue weighted by Gasteiger charge is 2.36. The Morgan fingerprint density at radius 2 is 1.79 bits per heavy atom. The van der Waals surface area contributed by atoms with Crippen LogP contribution in [0.2, 0.25) is 0 Å². The van der Waals surface area contributed by atoms with Gasteiger partial charge >= 0.3 is 12.2 Å². The lowest BCUT2D eigenvalue weighted by atomic mass is 10.1. The summed E-state index contributed by atoms with van der Waals surface area (Å²) >= 11 is 1.25. The number of carbonyl (C=O) groups is 2. The topological polar surface area (TPSA) is 69.0 Å². The van der Waals surface area contributed by atoms with Crippen LogP contribution >= 0.6 is 11.3 Å². The van der Waals surface area contributed by atoms with Gasteiger partial charge in [-0.25, -0.2) is 4.79 Å². The first-order valence-electron chi connectivity index (χ1n) is 12.5. The zero-order valence-electron chi connectivity index (χ0n) is 20.9. The second kappa shape index (κ2) is 10.8. The molecule has 0 spiro atoms. The number of nitrogens with zero attached hydrogens (tertiary/aromatic N) is 3. The number of rotatable bonds is 6. The lowest BCUT2D eigenvalue weighted by Crippen LogP contribution is -2.44. The molecule has 2 fully saturated rings. The van der Waals surface area contributed by atoms with Gasteiger partial charge in [-0.2, -0.15) is 13.2 Å².